The number of aliphatic hydroxyl groups is 1. The molecule has 2 aliphatic carbocycles. The molecule has 0 aromatic rings. The summed E-state index contributed by atoms with van der Waals surface area (Å²) >= 11 is 0. The van der Waals surface area contributed by atoms with Crippen LogP contribution in [0.25, 0.3) is 0 Å². The molecule has 2 saturated carbocycles. The number of hydrogen-bond acceptors (Lipinski definition) is 1. The van der Waals surface area contributed by atoms with Crippen LogP contribution in [0.5, 0.6) is 0 Å². The van der Waals surface area contributed by atoms with Crippen LogP contribution in [0.4, 0.5) is 0 Å². The van der Waals surface area contributed by atoms with Gasteiger partial charge in [0.1, 0.15) is 0 Å². The highest BCUT2D eigenvalue weighted by Gasteiger charge is 2.61. The van der Waals surface area contributed by atoms with Crippen LogP contribution in [0.3, 0.4) is 0 Å². The molecule has 0 saturated heterocycles. The molecule has 0 aromatic heterocycles. The van der Waals surface area contributed by atoms with Crippen molar-refractivity contribution < 1.29 is 5.11 Å². The average molecular weight is 126 g/mol. The van der Waals surface area contributed by atoms with Gasteiger partial charge in [0.05, 0.1) is 0 Å². The normalized spacial score (nSPS) is 55.3. The molecule has 52 valence electrons. The molecule has 2 aliphatic rings. The van der Waals surface area contributed by atoms with Gasteiger partial charge in [0, 0.05) is 6.61 Å². The first-order chi connectivity index (χ1) is 4.29. The predicted octanol–water partition coefficient (Wildman–Crippen LogP) is 1.41. The Labute approximate surface area is 56.1 Å². The van der Waals surface area contributed by atoms with Crippen LogP contribution in [-0.4, -0.2) is 11.7 Å². The molecule has 2 rings (SSSR count). The summed E-state index contributed by atoms with van der Waals surface area (Å²) in [6.07, 6.45) is 4.16. The third-order valence-electron chi connectivity index (χ3n) is 3.44. The highest BCUT2D eigenvalue weighted by Crippen LogP contribution is 2.66. The summed E-state index contributed by atoms with van der Waals surface area (Å²) in [5.74, 6) is 1.78. The summed E-state index contributed by atoms with van der Waals surface area (Å²) in [5.41, 5.74) is 0.359. The summed E-state index contributed by atoms with van der Waals surface area (Å²) < 4.78 is 0. The van der Waals surface area contributed by atoms with E-state index in [2.05, 4.69) is 6.92 Å². The first-order valence-corrected chi connectivity index (χ1v) is 3.90. The lowest BCUT2D eigenvalue weighted by Crippen LogP contribution is -2.07. The van der Waals surface area contributed by atoms with Gasteiger partial charge in [-0.15, -0.1) is 0 Å². The molecule has 9 heavy (non-hydrogen) atoms. The van der Waals surface area contributed by atoms with Crippen molar-refractivity contribution in [3.05, 3.63) is 0 Å². The van der Waals surface area contributed by atoms with Crippen molar-refractivity contribution in [2.75, 3.05) is 6.61 Å². The molecular weight excluding hydrogens is 112 g/mol. The molecule has 2 fully saturated rings. The monoisotopic (exact) mass is 126 g/mol. The van der Waals surface area contributed by atoms with Gasteiger partial charge in [-0.05, 0) is 30.1 Å². The predicted molar refractivity (Wildman–Crippen MR) is 36.0 cm³/mol. The zero-order valence-electron chi connectivity index (χ0n) is 5.93. The second kappa shape index (κ2) is 1.51. The van der Waals surface area contributed by atoms with Gasteiger partial charge in [-0.3, -0.25) is 0 Å². The lowest BCUT2D eigenvalue weighted by molar-refractivity contribution is 0.193. The Balaban J connectivity index is 2.07. The van der Waals surface area contributed by atoms with Crippen molar-refractivity contribution >= 4 is 0 Å². The summed E-state index contributed by atoms with van der Waals surface area (Å²) in [4.78, 5) is 0. The van der Waals surface area contributed by atoms with Gasteiger partial charge in [0.15, 0.2) is 0 Å². The molecule has 1 nitrogen and oxygen atoms in total. The van der Waals surface area contributed by atoms with E-state index in [0.717, 1.165) is 11.8 Å². The Morgan fingerprint density at radius 2 is 2.00 bits per heavy atom. The van der Waals surface area contributed by atoms with Crippen LogP contribution in [0.1, 0.15) is 26.2 Å². The quantitative estimate of drug-likeness (QED) is 0.563. The molecule has 0 aromatic carbocycles. The fourth-order valence-corrected chi connectivity index (χ4v) is 2.62. The highest BCUT2D eigenvalue weighted by molar-refractivity contribution is 5.10. The molecule has 1 N–H and O–H groups in total. The Morgan fingerprint density at radius 3 is 2.33 bits per heavy atom. The van der Waals surface area contributed by atoms with Gasteiger partial charge in [-0.25, -0.2) is 0 Å². The van der Waals surface area contributed by atoms with Gasteiger partial charge >= 0.3 is 0 Å². The molecule has 2 atom stereocenters. The zero-order valence-corrected chi connectivity index (χ0v) is 5.93. The molecular formula is C8H14O. The van der Waals surface area contributed by atoms with Crippen molar-refractivity contribution in [1.29, 1.82) is 0 Å². The van der Waals surface area contributed by atoms with E-state index in [-0.39, 0.29) is 0 Å². The second-order valence-electron chi connectivity index (χ2n) is 3.81. The van der Waals surface area contributed by atoms with Gasteiger partial charge < -0.3 is 5.11 Å². The molecule has 0 spiro atoms. The molecule has 0 radical (unpaired) electrons. The highest BCUT2D eigenvalue weighted by atomic mass is 16.3. The van der Waals surface area contributed by atoms with Crippen molar-refractivity contribution in [1.82, 2.24) is 0 Å². The van der Waals surface area contributed by atoms with E-state index < -0.39 is 0 Å². The lowest BCUT2D eigenvalue weighted by Gasteiger charge is -2.09. The van der Waals surface area contributed by atoms with Crippen molar-refractivity contribution in [2.24, 2.45) is 17.3 Å². The Kier molecular flexibility index (Phi) is 0.963. The fraction of sp³-hybridized carbons (Fsp3) is 1.00. The first-order valence-electron chi connectivity index (χ1n) is 3.90. The van der Waals surface area contributed by atoms with Crippen LogP contribution in [-0.2, 0) is 0 Å². The minimum Gasteiger partial charge on any atom is -0.396 e. The van der Waals surface area contributed by atoms with Gasteiger partial charge in [0.25, 0.3) is 0 Å². The van der Waals surface area contributed by atoms with E-state index in [1.807, 2.05) is 0 Å². The van der Waals surface area contributed by atoms with Crippen LogP contribution in [0.15, 0.2) is 0 Å². The summed E-state index contributed by atoms with van der Waals surface area (Å²) in [7, 11) is 0. The average Bonchev–Trinajstić information content (AvgIpc) is 2.39. The van der Waals surface area contributed by atoms with E-state index in [1.165, 1.54) is 19.3 Å². The summed E-state index contributed by atoms with van der Waals surface area (Å²) in [5, 5.41) is 8.97. The van der Waals surface area contributed by atoms with E-state index in [1.54, 1.807) is 0 Å². The SMILES string of the molecule is CC1(CO)C2CCCC21. The largest absolute Gasteiger partial charge is 0.396 e. The van der Waals surface area contributed by atoms with E-state index in [4.69, 9.17) is 5.11 Å². The Hall–Kier alpha value is -0.0400. The van der Waals surface area contributed by atoms with Gasteiger partial charge in [-0.1, -0.05) is 13.3 Å². The number of fused-ring (bicyclic) bond motifs is 1. The molecule has 0 heterocycles. The van der Waals surface area contributed by atoms with E-state index in [0.29, 0.717) is 12.0 Å². The van der Waals surface area contributed by atoms with Crippen LogP contribution in [0.2, 0.25) is 0 Å². The molecule has 0 amide bonds. The zero-order chi connectivity index (χ0) is 6.48. The fourth-order valence-electron chi connectivity index (χ4n) is 2.62. The molecule has 0 bridgehead atoms. The van der Waals surface area contributed by atoms with Crippen molar-refractivity contribution in [3.63, 3.8) is 0 Å². The lowest BCUT2D eigenvalue weighted by atomic mass is 10.00. The first kappa shape index (κ1) is 5.72. The smallest absolute Gasteiger partial charge is 0.0490 e. The number of aliphatic hydroxyl groups excluding tert-OH is 1. The molecule has 0 aliphatic heterocycles. The van der Waals surface area contributed by atoms with Crippen molar-refractivity contribution in [2.45, 2.75) is 26.2 Å². The third kappa shape index (κ3) is 0.536. The summed E-state index contributed by atoms with van der Waals surface area (Å²) in [6.45, 7) is 2.64. The van der Waals surface area contributed by atoms with Gasteiger partial charge in [0.2, 0.25) is 0 Å². The maximum Gasteiger partial charge on any atom is 0.0490 e. The Morgan fingerprint density at radius 1 is 1.44 bits per heavy atom. The standard InChI is InChI=1S/C8H14O/c1-8(5-9)6-3-2-4-7(6)8/h6-7,9H,2-5H2,1H3. The number of hydrogen-bond donors (Lipinski definition) is 1. The molecule has 1 heteroatoms. The topological polar surface area (TPSA) is 20.2 Å². The van der Waals surface area contributed by atoms with Crippen LogP contribution < -0.4 is 0 Å². The maximum absolute atomic E-state index is 8.97. The van der Waals surface area contributed by atoms with Crippen molar-refractivity contribution in [3.8, 4) is 0 Å². The maximum atomic E-state index is 8.97. The second-order valence-corrected chi connectivity index (χ2v) is 3.81. The molecule has 2 unspecified atom stereocenters. The van der Waals surface area contributed by atoms with E-state index >= 15 is 0 Å². The summed E-state index contributed by atoms with van der Waals surface area (Å²) in [6, 6.07) is 0. The van der Waals surface area contributed by atoms with Crippen LogP contribution >= 0.6 is 0 Å². The minimum atomic E-state index is 0.359. The van der Waals surface area contributed by atoms with Crippen LogP contribution in [0, 0.1) is 17.3 Å². The van der Waals surface area contributed by atoms with Gasteiger partial charge in [-0.2, -0.15) is 0 Å². The third-order valence-corrected chi connectivity index (χ3v) is 3.44. The minimum absolute atomic E-state index is 0.359. The number of rotatable bonds is 1. The van der Waals surface area contributed by atoms with E-state index in [9.17, 15) is 0 Å². The Bertz CT molecular complexity index is 121.